The lowest BCUT2D eigenvalue weighted by atomic mass is 10.1. The molecule has 0 unspecified atom stereocenters. The molecule has 0 aliphatic heterocycles. The van der Waals surface area contributed by atoms with Gasteiger partial charge in [-0.25, -0.2) is 9.98 Å². The van der Waals surface area contributed by atoms with Gasteiger partial charge in [-0.3, -0.25) is 0 Å². The fraction of sp³-hybridized carbons (Fsp3) is 0.444. The van der Waals surface area contributed by atoms with Crippen LogP contribution in [0.2, 0.25) is 0 Å². The van der Waals surface area contributed by atoms with Gasteiger partial charge in [-0.1, -0.05) is 31.2 Å². The lowest BCUT2D eigenvalue weighted by Crippen LogP contribution is -2.38. The number of aryl methyl sites for hydroxylation is 2. The number of hydrogen-bond acceptors (Lipinski definition) is 3. The van der Waals surface area contributed by atoms with Gasteiger partial charge in [-0.2, -0.15) is 0 Å². The van der Waals surface area contributed by atoms with E-state index in [1.165, 1.54) is 16.0 Å². The standard InChI is InChI=1S/C18H26N4S/c1-4-15-6-8-16(9-7-15)10-11-20-18(19-5-2)22-13-17-21-12-14(3)23-17/h6-9,12H,4-5,10-11,13H2,1-3H3,(H2,19,20,22). The van der Waals surface area contributed by atoms with Crippen LogP contribution in [0.5, 0.6) is 0 Å². The van der Waals surface area contributed by atoms with Gasteiger partial charge in [0, 0.05) is 24.2 Å². The highest BCUT2D eigenvalue weighted by atomic mass is 32.1. The summed E-state index contributed by atoms with van der Waals surface area (Å²) in [7, 11) is 0. The van der Waals surface area contributed by atoms with Crippen LogP contribution in [0, 0.1) is 6.92 Å². The molecule has 2 rings (SSSR count). The minimum Gasteiger partial charge on any atom is -0.357 e. The lowest BCUT2D eigenvalue weighted by molar-refractivity contribution is 0.798. The summed E-state index contributed by atoms with van der Waals surface area (Å²) in [5.74, 6) is 0.852. The monoisotopic (exact) mass is 330 g/mol. The third kappa shape index (κ3) is 6.02. The largest absolute Gasteiger partial charge is 0.357 e. The highest BCUT2D eigenvalue weighted by Gasteiger charge is 2.01. The zero-order valence-corrected chi connectivity index (χ0v) is 15.0. The highest BCUT2D eigenvalue weighted by molar-refractivity contribution is 7.11. The maximum Gasteiger partial charge on any atom is 0.191 e. The van der Waals surface area contributed by atoms with Crippen LogP contribution < -0.4 is 10.6 Å². The second-order valence-corrected chi connectivity index (χ2v) is 6.73. The number of guanidine groups is 1. The van der Waals surface area contributed by atoms with E-state index in [4.69, 9.17) is 0 Å². The summed E-state index contributed by atoms with van der Waals surface area (Å²) in [6.07, 6.45) is 3.98. The van der Waals surface area contributed by atoms with Crippen LogP contribution in [0.25, 0.3) is 0 Å². The van der Waals surface area contributed by atoms with E-state index in [0.717, 1.165) is 36.9 Å². The van der Waals surface area contributed by atoms with Gasteiger partial charge in [-0.15, -0.1) is 11.3 Å². The number of hydrogen-bond donors (Lipinski definition) is 2. The zero-order chi connectivity index (χ0) is 16.5. The Morgan fingerprint density at radius 2 is 1.87 bits per heavy atom. The second-order valence-electron chi connectivity index (χ2n) is 5.41. The molecule has 0 atom stereocenters. The summed E-state index contributed by atoms with van der Waals surface area (Å²) >= 11 is 1.70. The van der Waals surface area contributed by atoms with Crippen LogP contribution in [0.3, 0.4) is 0 Å². The third-order valence-electron chi connectivity index (χ3n) is 3.52. The van der Waals surface area contributed by atoms with Crippen molar-refractivity contribution < 1.29 is 0 Å². The fourth-order valence-corrected chi connectivity index (χ4v) is 2.94. The molecule has 0 aliphatic rings. The average Bonchev–Trinajstić information content (AvgIpc) is 2.99. The van der Waals surface area contributed by atoms with Crippen LogP contribution in [0.15, 0.2) is 35.5 Å². The average molecular weight is 331 g/mol. The van der Waals surface area contributed by atoms with E-state index in [-0.39, 0.29) is 0 Å². The third-order valence-corrected chi connectivity index (χ3v) is 4.42. The normalized spacial score (nSPS) is 11.5. The van der Waals surface area contributed by atoms with Crippen molar-refractivity contribution >= 4 is 17.3 Å². The van der Waals surface area contributed by atoms with E-state index in [2.05, 4.69) is 65.6 Å². The first-order chi connectivity index (χ1) is 11.2. The van der Waals surface area contributed by atoms with Crippen molar-refractivity contribution in [2.75, 3.05) is 13.1 Å². The fourth-order valence-electron chi connectivity index (χ4n) is 2.23. The molecule has 1 heterocycles. The molecule has 0 bridgehead atoms. The summed E-state index contributed by atoms with van der Waals surface area (Å²) in [5.41, 5.74) is 2.73. The minimum absolute atomic E-state index is 0.624. The molecule has 0 saturated carbocycles. The van der Waals surface area contributed by atoms with Crippen molar-refractivity contribution in [2.24, 2.45) is 4.99 Å². The molecule has 0 radical (unpaired) electrons. The molecule has 4 nitrogen and oxygen atoms in total. The van der Waals surface area contributed by atoms with Crippen LogP contribution in [0.4, 0.5) is 0 Å². The van der Waals surface area contributed by atoms with E-state index in [0.29, 0.717) is 6.54 Å². The van der Waals surface area contributed by atoms with Crippen molar-refractivity contribution in [3.05, 3.63) is 51.5 Å². The second kappa shape index (κ2) is 9.30. The summed E-state index contributed by atoms with van der Waals surface area (Å²) in [6, 6.07) is 8.84. The molecule has 0 saturated heterocycles. The first-order valence-electron chi connectivity index (χ1n) is 8.22. The Morgan fingerprint density at radius 3 is 2.48 bits per heavy atom. The van der Waals surface area contributed by atoms with Crippen molar-refractivity contribution in [3.8, 4) is 0 Å². The number of benzene rings is 1. The molecule has 5 heteroatoms. The van der Waals surface area contributed by atoms with Gasteiger partial charge in [0.2, 0.25) is 0 Å². The van der Waals surface area contributed by atoms with Crippen molar-refractivity contribution in [1.82, 2.24) is 15.6 Å². The summed E-state index contributed by atoms with van der Waals surface area (Å²) in [6.45, 7) is 8.67. The van der Waals surface area contributed by atoms with E-state index in [1.807, 2.05) is 6.20 Å². The smallest absolute Gasteiger partial charge is 0.191 e. The molecule has 0 fully saturated rings. The summed E-state index contributed by atoms with van der Waals surface area (Å²) < 4.78 is 0. The number of rotatable bonds is 7. The first-order valence-corrected chi connectivity index (χ1v) is 9.04. The van der Waals surface area contributed by atoms with Gasteiger partial charge in [0.05, 0.1) is 6.54 Å². The quantitative estimate of drug-likeness (QED) is 0.605. The Balaban J connectivity index is 1.83. The van der Waals surface area contributed by atoms with Gasteiger partial charge in [0.15, 0.2) is 5.96 Å². The van der Waals surface area contributed by atoms with Crippen LogP contribution >= 0.6 is 11.3 Å². The van der Waals surface area contributed by atoms with E-state index >= 15 is 0 Å². The number of aromatic nitrogens is 1. The predicted molar refractivity (Wildman–Crippen MR) is 99.2 cm³/mol. The molecule has 0 amide bonds. The van der Waals surface area contributed by atoms with Gasteiger partial charge in [0.1, 0.15) is 5.01 Å². The Hall–Kier alpha value is -1.88. The first kappa shape index (κ1) is 17.5. The highest BCUT2D eigenvalue weighted by Crippen LogP contribution is 2.11. The van der Waals surface area contributed by atoms with Crippen molar-refractivity contribution in [3.63, 3.8) is 0 Å². The Labute approximate surface area is 143 Å². The molecule has 1 aromatic heterocycles. The molecule has 1 aromatic carbocycles. The predicted octanol–water partition coefficient (Wildman–Crippen LogP) is 3.31. The minimum atomic E-state index is 0.624. The molecule has 0 aliphatic carbocycles. The topological polar surface area (TPSA) is 49.3 Å². The number of aliphatic imine (C=N–C) groups is 1. The molecule has 23 heavy (non-hydrogen) atoms. The van der Waals surface area contributed by atoms with Crippen LogP contribution in [-0.4, -0.2) is 24.0 Å². The van der Waals surface area contributed by atoms with E-state index in [1.54, 1.807) is 11.3 Å². The number of thiazole rings is 1. The lowest BCUT2D eigenvalue weighted by Gasteiger charge is -2.11. The van der Waals surface area contributed by atoms with Gasteiger partial charge >= 0.3 is 0 Å². The summed E-state index contributed by atoms with van der Waals surface area (Å²) in [5, 5.41) is 7.72. The molecule has 2 N–H and O–H groups in total. The maximum absolute atomic E-state index is 4.60. The Morgan fingerprint density at radius 1 is 1.13 bits per heavy atom. The Bertz CT molecular complexity index is 616. The van der Waals surface area contributed by atoms with Crippen molar-refractivity contribution in [2.45, 2.75) is 40.2 Å². The van der Waals surface area contributed by atoms with Crippen LogP contribution in [-0.2, 0) is 19.4 Å². The molecule has 2 aromatic rings. The maximum atomic E-state index is 4.60. The molecular weight excluding hydrogens is 304 g/mol. The van der Waals surface area contributed by atoms with Gasteiger partial charge in [0.25, 0.3) is 0 Å². The molecule has 124 valence electrons. The summed E-state index contributed by atoms with van der Waals surface area (Å²) in [4.78, 5) is 10.2. The van der Waals surface area contributed by atoms with E-state index < -0.39 is 0 Å². The van der Waals surface area contributed by atoms with Crippen molar-refractivity contribution in [1.29, 1.82) is 0 Å². The van der Waals surface area contributed by atoms with Crippen LogP contribution in [0.1, 0.15) is 34.9 Å². The van der Waals surface area contributed by atoms with Gasteiger partial charge in [-0.05, 0) is 37.8 Å². The number of nitrogens with one attached hydrogen (secondary N) is 2. The molecule has 0 spiro atoms. The number of nitrogens with zero attached hydrogens (tertiary/aromatic N) is 2. The van der Waals surface area contributed by atoms with Gasteiger partial charge < -0.3 is 10.6 Å². The Kier molecular flexibility index (Phi) is 7.07. The van der Waals surface area contributed by atoms with E-state index in [9.17, 15) is 0 Å². The zero-order valence-electron chi connectivity index (χ0n) is 14.2. The SMILES string of the molecule is CCNC(=NCc1ncc(C)s1)NCCc1ccc(CC)cc1. The molecular formula is C18H26N4S.